The first-order chi connectivity index (χ1) is 10.7. The third-order valence-electron chi connectivity index (χ3n) is 4.58. The molecule has 126 valence electrons. The quantitative estimate of drug-likeness (QED) is 0.859. The molecule has 1 aromatic rings. The summed E-state index contributed by atoms with van der Waals surface area (Å²) in [5.41, 5.74) is 0.884. The van der Waals surface area contributed by atoms with Crippen LogP contribution >= 0.6 is 12.4 Å². The maximum atomic E-state index is 12.9. The predicted molar refractivity (Wildman–Crippen MR) is 91.3 cm³/mol. The Morgan fingerprint density at radius 2 is 1.96 bits per heavy atom. The Labute approximate surface area is 143 Å². The second-order valence-electron chi connectivity index (χ2n) is 6.21. The lowest BCUT2D eigenvalue weighted by atomic mass is 9.90. The number of amides is 2. The Balaban J connectivity index is 0.00000192. The molecule has 2 aliphatic heterocycles. The Hall–Kier alpha value is -1.59. The summed E-state index contributed by atoms with van der Waals surface area (Å²) in [6.07, 6.45) is 1.70. The number of hydrogen-bond acceptors (Lipinski definition) is 3. The van der Waals surface area contributed by atoms with Crippen molar-refractivity contribution < 1.29 is 9.59 Å². The number of rotatable bonds is 2. The molecule has 2 saturated heterocycles. The van der Waals surface area contributed by atoms with Gasteiger partial charge < -0.3 is 15.5 Å². The van der Waals surface area contributed by atoms with Gasteiger partial charge in [0.05, 0.1) is 0 Å². The summed E-state index contributed by atoms with van der Waals surface area (Å²) in [6.45, 7) is 4.10. The first-order valence-electron chi connectivity index (χ1n) is 8.03. The van der Waals surface area contributed by atoms with Crippen LogP contribution < -0.4 is 10.6 Å². The van der Waals surface area contributed by atoms with Crippen molar-refractivity contribution in [2.45, 2.75) is 31.8 Å². The number of carbonyl (C=O) groups is 2. The van der Waals surface area contributed by atoms with E-state index in [2.05, 4.69) is 17.6 Å². The molecule has 5 nitrogen and oxygen atoms in total. The number of halogens is 1. The van der Waals surface area contributed by atoms with Crippen molar-refractivity contribution in [2.75, 3.05) is 19.6 Å². The summed E-state index contributed by atoms with van der Waals surface area (Å²) in [5, 5.41) is 6.25. The first-order valence-corrected chi connectivity index (χ1v) is 8.03. The van der Waals surface area contributed by atoms with Gasteiger partial charge >= 0.3 is 0 Å². The Kier molecular flexibility index (Phi) is 6.02. The molecule has 0 radical (unpaired) electrons. The fraction of sp³-hybridized carbons (Fsp3) is 0.529. The standard InChI is InChI=1S/C17H23N3O2.ClH/c1-12-11-14(7-8-18-12)17(22)20-10-9-19-16(21)15(20)13-5-3-2-4-6-13;/h2-6,12,14-15,18H,7-11H2,1H3,(H,19,21);1H/t12-,14-,15?;/m0./s1. The molecule has 0 spiro atoms. The minimum absolute atomic E-state index is 0. The maximum absolute atomic E-state index is 12.9. The third kappa shape index (κ3) is 3.85. The molecule has 2 heterocycles. The van der Waals surface area contributed by atoms with E-state index in [0.29, 0.717) is 19.1 Å². The summed E-state index contributed by atoms with van der Waals surface area (Å²) in [7, 11) is 0. The van der Waals surface area contributed by atoms with Gasteiger partial charge in [-0.3, -0.25) is 9.59 Å². The lowest BCUT2D eigenvalue weighted by Gasteiger charge is -2.39. The van der Waals surface area contributed by atoms with E-state index in [0.717, 1.165) is 24.9 Å². The smallest absolute Gasteiger partial charge is 0.247 e. The predicted octanol–water partition coefficient (Wildman–Crippen LogP) is 1.50. The monoisotopic (exact) mass is 337 g/mol. The van der Waals surface area contributed by atoms with Gasteiger partial charge in [0.15, 0.2) is 0 Å². The van der Waals surface area contributed by atoms with Gasteiger partial charge in [-0.15, -0.1) is 12.4 Å². The van der Waals surface area contributed by atoms with Gasteiger partial charge in [-0.2, -0.15) is 0 Å². The van der Waals surface area contributed by atoms with Gasteiger partial charge in [-0.1, -0.05) is 30.3 Å². The van der Waals surface area contributed by atoms with Gasteiger partial charge in [0.2, 0.25) is 11.8 Å². The van der Waals surface area contributed by atoms with Crippen LogP contribution in [0.4, 0.5) is 0 Å². The number of nitrogens with one attached hydrogen (secondary N) is 2. The largest absolute Gasteiger partial charge is 0.352 e. The molecular weight excluding hydrogens is 314 g/mol. The van der Waals surface area contributed by atoms with E-state index in [1.165, 1.54) is 0 Å². The second-order valence-corrected chi connectivity index (χ2v) is 6.21. The molecule has 0 aliphatic carbocycles. The molecule has 0 bridgehead atoms. The molecular formula is C17H24ClN3O2. The zero-order valence-corrected chi connectivity index (χ0v) is 14.1. The van der Waals surface area contributed by atoms with E-state index in [1.807, 2.05) is 30.3 Å². The molecule has 6 heteroatoms. The molecule has 3 rings (SSSR count). The van der Waals surface area contributed by atoms with Crippen LogP contribution in [0.2, 0.25) is 0 Å². The molecule has 2 N–H and O–H groups in total. The normalized spacial score (nSPS) is 27.8. The average molecular weight is 338 g/mol. The van der Waals surface area contributed by atoms with Crippen LogP contribution in [0.15, 0.2) is 30.3 Å². The Morgan fingerprint density at radius 3 is 2.65 bits per heavy atom. The van der Waals surface area contributed by atoms with Gasteiger partial charge in [0.1, 0.15) is 6.04 Å². The number of benzene rings is 1. The van der Waals surface area contributed by atoms with Gasteiger partial charge in [-0.25, -0.2) is 0 Å². The van der Waals surface area contributed by atoms with Crippen molar-refractivity contribution in [3.8, 4) is 0 Å². The van der Waals surface area contributed by atoms with Crippen molar-refractivity contribution >= 4 is 24.2 Å². The molecule has 2 fully saturated rings. The molecule has 3 atom stereocenters. The third-order valence-corrected chi connectivity index (χ3v) is 4.58. The van der Waals surface area contributed by atoms with Crippen molar-refractivity contribution in [1.82, 2.24) is 15.5 Å². The first kappa shape index (κ1) is 17.8. The van der Waals surface area contributed by atoms with Crippen LogP contribution in [0, 0.1) is 5.92 Å². The van der Waals surface area contributed by atoms with E-state index < -0.39 is 6.04 Å². The topological polar surface area (TPSA) is 61.4 Å². The number of piperazine rings is 1. The summed E-state index contributed by atoms with van der Waals surface area (Å²) in [4.78, 5) is 27.1. The average Bonchev–Trinajstić information content (AvgIpc) is 2.55. The highest BCUT2D eigenvalue weighted by Crippen LogP contribution is 2.28. The van der Waals surface area contributed by atoms with Gasteiger partial charge in [-0.05, 0) is 31.9 Å². The lowest BCUT2D eigenvalue weighted by Crippen LogP contribution is -2.54. The van der Waals surface area contributed by atoms with Crippen LogP contribution in [0.25, 0.3) is 0 Å². The van der Waals surface area contributed by atoms with E-state index in [4.69, 9.17) is 0 Å². The molecule has 23 heavy (non-hydrogen) atoms. The van der Waals surface area contributed by atoms with E-state index in [9.17, 15) is 9.59 Å². The van der Waals surface area contributed by atoms with E-state index in [-0.39, 0.29) is 30.1 Å². The second kappa shape index (κ2) is 7.79. The Morgan fingerprint density at radius 1 is 1.22 bits per heavy atom. The minimum atomic E-state index is -0.493. The van der Waals surface area contributed by atoms with Gasteiger partial charge in [0, 0.05) is 25.0 Å². The molecule has 1 aromatic carbocycles. The van der Waals surface area contributed by atoms with Crippen LogP contribution in [-0.4, -0.2) is 42.4 Å². The van der Waals surface area contributed by atoms with Crippen molar-refractivity contribution in [1.29, 1.82) is 0 Å². The summed E-state index contributed by atoms with van der Waals surface area (Å²) < 4.78 is 0. The highest BCUT2D eigenvalue weighted by Gasteiger charge is 2.38. The highest BCUT2D eigenvalue weighted by molar-refractivity contribution is 5.90. The zero-order chi connectivity index (χ0) is 15.5. The van der Waals surface area contributed by atoms with Crippen LogP contribution in [0.5, 0.6) is 0 Å². The van der Waals surface area contributed by atoms with Crippen LogP contribution in [-0.2, 0) is 9.59 Å². The number of carbonyl (C=O) groups excluding carboxylic acids is 2. The maximum Gasteiger partial charge on any atom is 0.247 e. The molecule has 2 aliphatic rings. The highest BCUT2D eigenvalue weighted by atomic mass is 35.5. The minimum Gasteiger partial charge on any atom is -0.352 e. The summed E-state index contributed by atoms with van der Waals surface area (Å²) in [6, 6.07) is 9.44. The van der Waals surface area contributed by atoms with Crippen LogP contribution in [0.3, 0.4) is 0 Å². The van der Waals surface area contributed by atoms with Crippen molar-refractivity contribution in [3.05, 3.63) is 35.9 Å². The zero-order valence-electron chi connectivity index (χ0n) is 13.3. The number of nitrogens with zero attached hydrogens (tertiary/aromatic N) is 1. The van der Waals surface area contributed by atoms with E-state index >= 15 is 0 Å². The van der Waals surface area contributed by atoms with E-state index in [1.54, 1.807) is 4.90 Å². The molecule has 1 unspecified atom stereocenters. The van der Waals surface area contributed by atoms with Crippen molar-refractivity contribution in [2.24, 2.45) is 5.92 Å². The molecule has 2 amide bonds. The summed E-state index contributed by atoms with van der Waals surface area (Å²) >= 11 is 0. The Bertz CT molecular complexity index is 552. The van der Waals surface area contributed by atoms with Crippen molar-refractivity contribution in [3.63, 3.8) is 0 Å². The number of piperidine rings is 1. The summed E-state index contributed by atoms with van der Waals surface area (Å²) in [5.74, 6) is 0.0678. The molecule has 0 saturated carbocycles. The number of hydrogen-bond donors (Lipinski definition) is 2. The SMILES string of the molecule is C[C@H]1C[C@@H](C(=O)N2CCNC(=O)C2c2ccccc2)CCN1.Cl. The van der Waals surface area contributed by atoms with Gasteiger partial charge in [0.25, 0.3) is 0 Å². The lowest BCUT2D eigenvalue weighted by molar-refractivity contribution is -0.147. The molecule has 0 aromatic heterocycles. The fourth-order valence-corrected chi connectivity index (χ4v) is 3.46. The fourth-order valence-electron chi connectivity index (χ4n) is 3.46. The van der Waals surface area contributed by atoms with Crippen LogP contribution in [0.1, 0.15) is 31.4 Å².